The predicted molar refractivity (Wildman–Crippen MR) is 86.7 cm³/mol. The molecule has 7 heteroatoms. The van der Waals surface area contributed by atoms with Crippen molar-refractivity contribution in [1.29, 1.82) is 0 Å². The molecule has 0 bridgehead atoms. The lowest BCUT2D eigenvalue weighted by molar-refractivity contribution is 0.242. The maximum Gasteiger partial charge on any atom is 0.211 e. The monoisotopic (exact) mass is 324 g/mol. The Morgan fingerprint density at radius 2 is 2.14 bits per heavy atom. The molecule has 0 unspecified atom stereocenters. The van der Waals surface area contributed by atoms with Gasteiger partial charge in [-0.1, -0.05) is 23.4 Å². The average Bonchev–Trinajstić information content (AvgIpc) is 2.79. The highest BCUT2D eigenvalue weighted by Gasteiger charge is 2.07. The number of hydrogen-bond donors (Lipinski definition) is 0. The standard InChI is InChI=1S/C14H17ClN4OS/c1-9(2)20-13-6-5-11(7-12(13)15)8-16-19-10(3)17-18-14(19)21-4/h5-9H,1-4H3/b16-8-. The Bertz CT molecular complexity index is 654. The molecule has 0 saturated heterocycles. The first-order valence-corrected chi connectivity index (χ1v) is 8.08. The van der Waals surface area contributed by atoms with Crippen molar-refractivity contribution in [3.8, 4) is 5.75 Å². The molecule has 0 radical (unpaired) electrons. The number of nitrogens with zero attached hydrogens (tertiary/aromatic N) is 4. The molecule has 0 aliphatic rings. The van der Waals surface area contributed by atoms with Crippen molar-refractivity contribution in [3.63, 3.8) is 0 Å². The minimum Gasteiger partial charge on any atom is -0.489 e. The molecule has 0 amide bonds. The van der Waals surface area contributed by atoms with Crippen LogP contribution in [0.1, 0.15) is 25.2 Å². The fourth-order valence-corrected chi connectivity index (χ4v) is 2.38. The van der Waals surface area contributed by atoms with Gasteiger partial charge in [-0.05, 0) is 50.8 Å². The zero-order chi connectivity index (χ0) is 15.4. The van der Waals surface area contributed by atoms with E-state index in [1.54, 1.807) is 10.9 Å². The van der Waals surface area contributed by atoms with Gasteiger partial charge in [0.15, 0.2) is 5.82 Å². The largest absolute Gasteiger partial charge is 0.489 e. The summed E-state index contributed by atoms with van der Waals surface area (Å²) >= 11 is 7.70. The number of thioether (sulfide) groups is 1. The lowest BCUT2D eigenvalue weighted by atomic mass is 10.2. The van der Waals surface area contributed by atoms with Crippen LogP contribution >= 0.6 is 23.4 Å². The molecule has 0 saturated carbocycles. The Labute approximate surface area is 133 Å². The van der Waals surface area contributed by atoms with Crippen molar-refractivity contribution in [2.45, 2.75) is 32.0 Å². The molecule has 0 N–H and O–H groups in total. The van der Waals surface area contributed by atoms with Gasteiger partial charge < -0.3 is 4.74 Å². The SMILES string of the molecule is CSc1nnc(C)n1/N=C\c1ccc(OC(C)C)c(Cl)c1. The van der Waals surface area contributed by atoms with Crippen LogP contribution in [-0.2, 0) is 0 Å². The van der Waals surface area contributed by atoms with Crippen molar-refractivity contribution in [1.82, 2.24) is 14.9 Å². The van der Waals surface area contributed by atoms with E-state index >= 15 is 0 Å². The van der Waals surface area contributed by atoms with Crippen LogP contribution in [-0.4, -0.2) is 33.4 Å². The van der Waals surface area contributed by atoms with E-state index in [9.17, 15) is 0 Å². The summed E-state index contributed by atoms with van der Waals surface area (Å²) in [5.41, 5.74) is 0.885. The van der Waals surface area contributed by atoms with E-state index in [-0.39, 0.29) is 6.10 Å². The molecule has 112 valence electrons. The Hall–Kier alpha value is -1.53. The molecule has 1 heterocycles. The van der Waals surface area contributed by atoms with Crippen LogP contribution in [0.2, 0.25) is 5.02 Å². The normalized spacial score (nSPS) is 11.5. The van der Waals surface area contributed by atoms with E-state index in [1.807, 2.05) is 45.2 Å². The van der Waals surface area contributed by atoms with Crippen LogP contribution in [0.4, 0.5) is 0 Å². The lowest BCUT2D eigenvalue weighted by Gasteiger charge is -2.11. The van der Waals surface area contributed by atoms with Gasteiger partial charge in [-0.25, -0.2) is 0 Å². The highest BCUT2D eigenvalue weighted by atomic mass is 35.5. The second-order valence-electron chi connectivity index (χ2n) is 4.65. The summed E-state index contributed by atoms with van der Waals surface area (Å²) in [6, 6.07) is 5.57. The second-order valence-corrected chi connectivity index (χ2v) is 5.83. The molecule has 0 aliphatic heterocycles. The fraction of sp³-hybridized carbons (Fsp3) is 0.357. The van der Waals surface area contributed by atoms with Gasteiger partial charge in [0.2, 0.25) is 5.16 Å². The lowest BCUT2D eigenvalue weighted by Crippen LogP contribution is -2.06. The van der Waals surface area contributed by atoms with Gasteiger partial charge in [0.05, 0.1) is 17.3 Å². The van der Waals surface area contributed by atoms with Crippen LogP contribution in [0.5, 0.6) is 5.75 Å². The van der Waals surface area contributed by atoms with Gasteiger partial charge in [0.25, 0.3) is 0 Å². The van der Waals surface area contributed by atoms with Crippen molar-refractivity contribution in [2.75, 3.05) is 6.26 Å². The van der Waals surface area contributed by atoms with Gasteiger partial charge in [0, 0.05) is 0 Å². The Morgan fingerprint density at radius 3 is 2.76 bits per heavy atom. The highest BCUT2D eigenvalue weighted by Crippen LogP contribution is 2.26. The minimum absolute atomic E-state index is 0.0887. The summed E-state index contributed by atoms with van der Waals surface area (Å²) in [5.74, 6) is 1.41. The summed E-state index contributed by atoms with van der Waals surface area (Å²) in [4.78, 5) is 0. The average molecular weight is 325 g/mol. The molecule has 5 nitrogen and oxygen atoms in total. The first-order valence-electron chi connectivity index (χ1n) is 6.48. The first-order chi connectivity index (χ1) is 10.0. The molecule has 1 aromatic carbocycles. The van der Waals surface area contributed by atoms with E-state index in [0.717, 1.165) is 16.5 Å². The van der Waals surface area contributed by atoms with E-state index in [2.05, 4.69) is 15.3 Å². The topological polar surface area (TPSA) is 52.3 Å². The van der Waals surface area contributed by atoms with Crippen LogP contribution in [0.15, 0.2) is 28.5 Å². The van der Waals surface area contributed by atoms with Gasteiger partial charge in [-0.2, -0.15) is 9.78 Å². The van der Waals surface area contributed by atoms with Crippen LogP contribution < -0.4 is 4.74 Å². The molecule has 0 spiro atoms. The van der Waals surface area contributed by atoms with Crippen molar-refractivity contribution in [2.24, 2.45) is 5.10 Å². The molecule has 0 atom stereocenters. The minimum atomic E-state index is 0.0887. The molecule has 21 heavy (non-hydrogen) atoms. The maximum atomic E-state index is 6.20. The van der Waals surface area contributed by atoms with E-state index in [0.29, 0.717) is 10.8 Å². The van der Waals surface area contributed by atoms with E-state index < -0.39 is 0 Å². The van der Waals surface area contributed by atoms with Gasteiger partial charge in [-0.3, -0.25) is 0 Å². The quantitative estimate of drug-likeness (QED) is 0.622. The number of halogens is 1. The first kappa shape index (κ1) is 15.9. The summed E-state index contributed by atoms with van der Waals surface area (Å²) < 4.78 is 7.29. The zero-order valence-electron chi connectivity index (χ0n) is 12.4. The molecule has 2 rings (SSSR count). The maximum absolute atomic E-state index is 6.20. The third-order valence-corrected chi connectivity index (χ3v) is 3.51. The van der Waals surface area contributed by atoms with Gasteiger partial charge >= 0.3 is 0 Å². The highest BCUT2D eigenvalue weighted by molar-refractivity contribution is 7.98. The third-order valence-electron chi connectivity index (χ3n) is 2.59. The summed E-state index contributed by atoms with van der Waals surface area (Å²) in [5, 5.41) is 13.7. The second kappa shape index (κ2) is 6.95. The number of rotatable bonds is 5. The van der Waals surface area contributed by atoms with Crippen molar-refractivity contribution in [3.05, 3.63) is 34.6 Å². The van der Waals surface area contributed by atoms with Crippen LogP contribution in [0, 0.1) is 6.92 Å². The van der Waals surface area contributed by atoms with Crippen LogP contribution in [0.25, 0.3) is 0 Å². The van der Waals surface area contributed by atoms with Crippen molar-refractivity contribution >= 4 is 29.6 Å². The molecule has 0 aliphatic carbocycles. The number of ether oxygens (including phenoxy) is 1. The number of aryl methyl sites for hydroxylation is 1. The molecular formula is C14H17ClN4OS. The van der Waals surface area contributed by atoms with Gasteiger partial charge in [-0.15, -0.1) is 10.2 Å². The van der Waals surface area contributed by atoms with Gasteiger partial charge in [0.1, 0.15) is 5.75 Å². The third kappa shape index (κ3) is 3.98. The molecule has 2 aromatic rings. The molecule has 1 aromatic heterocycles. The zero-order valence-corrected chi connectivity index (χ0v) is 13.9. The fourth-order valence-electron chi connectivity index (χ4n) is 1.67. The molecule has 0 fully saturated rings. The Kier molecular flexibility index (Phi) is 5.25. The molecular weight excluding hydrogens is 308 g/mol. The van der Waals surface area contributed by atoms with Crippen molar-refractivity contribution < 1.29 is 4.74 Å². The van der Waals surface area contributed by atoms with Crippen LogP contribution in [0.3, 0.4) is 0 Å². The predicted octanol–water partition coefficient (Wildman–Crippen LogP) is 3.63. The summed E-state index contributed by atoms with van der Waals surface area (Å²) in [6.45, 7) is 5.78. The summed E-state index contributed by atoms with van der Waals surface area (Å²) in [6.07, 6.45) is 3.75. The Balaban J connectivity index is 2.21. The smallest absolute Gasteiger partial charge is 0.211 e. The number of aromatic nitrogens is 3. The number of hydrogen-bond acceptors (Lipinski definition) is 5. The van der Waals surface area contributed by atoms with E-state index in [1.165, 1.54) is 11.8 Å². The number of benzene rings is 1. The van der Waals surface area contributed by atoms with E-state index in [4.69, 9.17) is 16.3 Å². The summed E-state index contributed by atoms with van der Waals surface area (Å²) in [7, 11) is 0. The Morgan fingerprint density at radius 1 is 1.38 bits per heavy atom.